The Labute approximate surface area is 65.4 Å². The molecule has 0 saturated carbocycles. The third kappa shape index (κ3) is 1.52. The van der Waals surface area contributed by atoms with Crippen molar-refractivity contribution in [2.75, 3.05) is 20.8 Å². The number of hydrogen-bond donors (Lipinski definition) is 0. The molecule has 2 atom stereocenters. The lowest BCUT2D eigenvalue weighted by Crippen LogP contribution is -2.23. The normalized spacial score (nSPS) is 35.0. The predicted molar refractivity (Wildman–Crippen MR) is 37.2 cm³/mol. The number of esters is 1. The van der Waals surface area contributed by atoms with E-state index < -0.39 is 11.7 Å². The Bertz CT molecular complexity index is 168. The highest BCUT2D eigenvalue weighted by Gasteiger charge is 2.58. The summed E-state index contributed by atoms with van der Waals surface area (Å²) < 4.78 is 14.5. The number of ether oxygens (including phenoxy) is 3. The maximum Gasteiger partial charge on any atom is 0.338 e. The standard InChI is InChI=1S/C7H12O4/c1-7(4-9-2)5(11-7)6(8)10-3/h5H,4H2,1-3H3. The zero-order valence-electron chi connectivity index (χ0n) is 6.92. The van der Waals surface area contributed by atoms with E-state index in [1.54, 1.807) is 7.11 Å². The minimum absolute atomic E-state index is 0.329. The maximum absolute atomic E-state index is 10.9. The summed E-state index contributed by atoms with van der Waals surface area (Å²) in [5, 5.41) is 0. The molecule has 11 heavy (non-hydrogen) atoms. The Hall–Kier alpha value is -0.610. The molecule has 0 amide bonds. The van der Waals surface area contributed by atoms with E-state index in [2.05, 4.69) is 4.74 Å². The van der Waals surface area contributed by atoms with Crippen LogP contribution in [-0.4, -0.2) is 38.5 Å². The molecule has 0 aliphatic carbocycles. The predicted octanol–water partition coefficient (Wildman–Crippen LogP) is -0.0367. The molecule has 0 aromatic heterocycles. The monoisotopic (exact) mass is 160 g/mol. The van der Waals surface area contributed by atoms with Gasteiger partial charge < -0.3 is 14.2 Å². The Morgan fingerprint density at radius 2 is 2.27 bits per heavy atom. The van der Waals surface area contributed by atoms with E-state index >= 15 is 0 Å². The van der Waals surface area contributed by atoms with Gasteiger partial charge in [-0.2, -0.15) is 0 Å². The summed E-state index contributed by atoms with van der Waals surface area (Å²) >= 11 is 0. The molecular formula is C7H12O4. The molecule has 0 spiro atoms. The van der Waals surface area contributed by atoms with E-state index in [0.29, 0.717) is 6.61 Å². The molecule has 0 radical (unpaired) electrons. The van der Waals surface area contributed by atoms with Gasteiger partial charge >= 0.3 is 5.97 Å². The first kappa shape index (κ1) is 8.49. The Kier molecular flexibility index (Phi) is 2.15. The highest BCUT2D eigenvalue weighted by atomic mass is 16.7. The first-order chi connectivity index (χ1) is 5.14. The average molecular weight is 160 g/mol. The molecule has 4 heteroatoms. The lowest BCUT2D eigenvalue weighted by Gasteiger charge is -2.01. The van der Waals surface area contributed by atoms with E-state index in [4.69, 9.17) is 9.47 Å². The van der Waals surface area contributed by atoms with Gasteiger partial charge in [0.25, 0.3) is 0 Å². The second-order valence-corrected chi connectivity index (χ2v) is 2.77. The summed E-state index contributed by atoms with van der Waals surface area (Å²) in [6.07, 6.45) is -0.438. The molecule has 0 N–H and O–H groups in total. The van der Waals surface area contributed by atoms with Gasteiger partial charge in [0, 0.05) is 7.11 Å². The highest BCUT2D eigenvalue weighted by molar-refractivity contribution is 5.79. The molecule has 1 aliphatic rings. The lowest BCUT2D eigenvalue weighted by atomic mass is 10.1. The minimum atomic E-state index is -0.457. The van der Waals surface area contributed by atoms with Crippen LogP contribution in [-0.2, 0) is 19.0 Å². The number of carbonyl (C=O) groups is 1. The molecule has 4 nitrogen and oxygen atoms in total. The van der Waals surface area contributed by atoms with Gasteiger partial charge in [-0.15, -0.1) is 0 Å². The first-order valence-electron chi connectivity index (χ1n) is 3.38. The fraction of sp³-hybridized carbons (Fsp3) is 0.857. The summed E-state index contributed by atoms with van der Waals surface area (Å²) in [7, 11) is 2.92. The average Bonchev–Trinajstić information content (AvgIpc) is 2.62. The van der Waals surface area contributed by atoms with E-state index in [-0.39, 0.29) is 5.97 Å². The summed E-state index contributed by atoms with van der Waals surface area (Å²) in [6, 6.07) is 0. The van der Waals surface area contributed by atoms with Crippen LogP contribution >= 0.6 is 0 Å². The Balaban J connectivity index is 2.39. The van der Waals surface area contributed by atoms with Crippen molar-refractivity contribution in [2.45, 2.75) is 18.6 Å². The van der Waals surface area contributed by atoms with Crippen LogP contribution in [0, 0.1) is 0 Å². The minimum Gasteiger partial charge on any atom is -0.467 e. The zero-order chi connectivity index (χ0) is 8.48. The van der Waals surface area contributed by atoms with E-state index in [1.165, 1.54) is 7.11 Å². The van der Waals surface area contributed by atoms with Crippen molar-refractivity contribution in [3.05, 3.63) is 0 Å². The quantitative estimate of drug-likeness (QED) is 0.429. The van der Waals surface area contributed by atoms with Crippen LogP contribution in [0.5, 0.6) is 0 Å². The number of carbonyl (C=O) groups excluding carboxylic acids is 1. The van der Waals surface area contributed by atoms with Crippen molar-refractivity contribution in [1.29, 1.82) is 0 Å². The second-order valence-electron chi connectivity index (χ2n) is 2.77. The number of methoxy groups -OCH3 is 2. The van der Waals surface area contributed by atoms with Gasteiger partial charge in [-0.3, -0.25) is 0 Å². The van der Waals surface area contributed by atoms with Gasteiger partial charge in [-0.1, -0.05) is 0 Å². The van der Waals surface area contributed by atoms with Crippen molar-refractivity contribution in [3.63, 3.8) is 0 Å². The summed E-state index contributed by atoms with van der Waals surface area (Å²) in [5.74, 6) is -0.329. The SMILES string of the molecule is COCC1(C)OC1C(=O)OC. The molecule has 1 fully saturated rings. The van der Waals surface area contributed by atoms with E-state index in [1.807, 2.05) is 6.92 Å². The molecule has 0 bridgehead atoms. The Morgan fingerprint density at radius 3 is 2.73 bits per heavy atom. The molecule has 2 unspecified atom stereocenters. The zero-order valence-corrected chi connectivity index (χ0v) is 6.92. The third-order valence-corrected chi connectivity index (χ3v) is 1.73. The number of hydrogen-bond acceptors (Lipinski definition) is 4. The van der Waals surface area contributed by atoms with Gasteiger partial charge in [0.05, 0.1) is 13.7 Å². The van der Waals surface area contributed by atoms with Gasteiger partial charge in [-0.25, -0.2) is 4.79 Å². The van der Waals surface area contributed by atoms with Crippen LogP contribution in [0.25, 0.3) is 0 Å². The summed E-state index contributed by atoms with van der Waals surface area (Å²) in [4.78, 5) is 10.9. The van der Waals surface area contributed by atoms with Crippen LogP contribution in [0.4, 0.5) is 0 Å². The van der Waals surface area contributed by atoms with Crippen LogP contribution in [0.2, 0.25) is 0 Å². The fourth-order valence-corrected chi connectivity index (χ4v) is 1.04. The highest BCUT2D eigenvalue weighted by Crippen LogP contribution is 2.36. The topological polar surface area (TPSA) is 48.1 Å². The molecule has 1 heterocycles. The largest absolute Gasteiger partial charge is 0.467 e. The van der Waals surface area contributed by atoms with Crippen molar-refractivity contribution < 1.29 is 19.0 Å². The van der Waals surface area contributed by atoms with Crippen molar-refractivity contribution in [1.82, 2.24) is 0 Å². The molecule has 0 aromatic carbocycles. The first-order valence-corrected chi connectivity index (χ1v) is 3.38. The maximum atomic E-state index is 10.9. The second kappa shape index (κ2) is 2.79. The van der Waals surface area contributed by atoms with Crippen LogP contribution in [0.1, 0.15) is 6.92 Å². The van der Waals surface area contributed by atoms with Crippen molar-refractivity contribution in [3.8, 4) is 0 Å². The lowest BCUT2D eigenvalue weighted by molar-refractivity contribution is -0.142. The van der Waals surface area contributed by atoms with Crippen molar-refractivity contribution in [2.24, 2.45) is 0 Å². The molecule has 1 rings (SSSR count). The van der Waals surface area contributed by atoms with Crippen LogP contribution in [0.15, 0.2) is 0 Å². The summed E-state index contributed by atoms with van der Waals surface area (Å²) in [5.41, 5.74) is -0.457. The molecule has 64 valence electrons. The van der Waals surface area contributed by atoms with Crippen molar-refractivity contribution >= 4 is 5.97 Å². The van der Waals surface area contributed by atoms with Gasteiger partial charge in [0.1, 0.15) is 5.60 Å². The molecule has 1 saturated heterocycles. The summed E-state index contributed by atoms with van der Waals surface area (Å²) in [6.45, 7) is 2.24. The molecular weight excluding hydrogens is 148 g/mol. The van der Waals surface area contributed by atoms with Gasteiger partial charge in [0.2, 0.25) is 0 Å². The third-order valence-electron chi connectivity index (χ3n) is 1.73. The molecule has 1 aliphatic heterocycles. The fourth-order valence-electron chi connectivity index (χ4n) is 1.04. The number of rotatable bonds is 3. The van der Waals surface area contributed by atoms with Gasteiger partial charge in [0.15, 0.2) is 6.10 Å². The Morgan fingerprint density at radius 1 is 1.64 bits per heavy atom. The van der Waals surface area contributed by atoms with Crippen LogP contribution in [0.3, 0.4) is 0 Å². The van der Waals surface area contributed by atoms with Gasteiger partial charge in [-0.05, 0) is 6.92 Å². The molecule has 0 aromatic rings. The van der Waals surface area contributed by atoms with Crippen LogP contribution < -0.4 is 0 Å². The van der Waals surface area contributed by atoms with E-state index in [9.17, 15) is 4.79 Å². The smallest absolute Gasteiger partial charge is 0.338 e. The van der Waals surface area contributed by atoms with E-state index in [0.717, 1.165) is 0 Å². The number of epoxide rings is 1.